The molecule has 3 nitrogen and oxygen atoms in total. The van der Waals surface area contributed by atoms with Crippen LogP contribution in [0.2, 0.25) is 0 Å². The lowest BCUT2D eigenvalue weighted by atomic mass is 9.92. The Balaban J connectivity index is 3.32. The molecule has 0 unspecified atom stereocenters. The summed E-state index contributed by atoms with van der Waals surface area (Å²) in [7, 11) is 0. The molecule has 0 heterocycles. The summed E-state index contributed by atoms with van der Waals surface area (Å²) in [6.45, 7) is 8.12. The Bertz CT molecular complexity index is 185. The summed E-state index contributed by atoms with van der Waals surface area (Å²) >= 11 is 0. The maximum Gasteiger partial charge on any atom is 0.219 e. The summed E-state index contributed by atoms with van der Waals surface area (Å²) in [4.78, 5) is 11.4. The van der Waals surface area contributed by atoms with Crippen LogP contribution in [0.1, 0.15) is 59.3 Å². The molecule has 16 heavy (non-hydrogen) atoms. The lowest BCUT2D eigenvalue weighted by Gasteiger charge is -2.17. The van der Waals surface area contributed by atoms with Gasteiger partial charge in [-0.05, 0) is 31.2 Å². The third kappa shape index (κ3) is 11.5. The summed E-state index contributed by atoms with van der Waals surface area (Å²) in [6, 6.07) is 0. The third-order valence-electron chi connectivity index (χ3n) is 2.56. The fourth-order valence-electron chi connectivity index (χ4n) is 1.45. The number of hydrogen-bond acceptors (Lipinski definition) is 2. The van der Waals surface area contributed by atoms with E-state index in [0.29, 0.717) is 11.8 Å². The molecule has 0 radical (unpaired) electrons. The van der Waals surface area contributed by atoms with Crippen molar-refractivity contribution >= 4 is 5.91 Å². The van der Waals surface area contributed by atoms with E-state index >= 15 is 0 Å². The van der Waals surface area contributed by atoms with Gasteiger partial charge in [0, 0.05) is 13.0 Å². The van der Waals surface area contributed by atoms with Crippen molar-refractivity contribution in [3.8, 4) is 0 Å². The van der Waals surface area contributed by atoms with E-state index in [1.807, 2.05) is 0 Å². The van der Waals surface area contributed by atoms with Gasteiger partial charge in [-0.3, -0.25) is 4.79 Å². The van der Waals surface area contributed by atoms with Crippen LogP contribution in [0.25, 0.3) is 0 Å². The van der Waals surface area contributed by atoms with Gasteiger partial charge in [0.15, 0.2) is 0 Å². The summed E-state index contributed by atoms with van der Waals surface area (Å²) in [5.74, 6) is 0.192. The molecule has 0 rings (SSSR count). The normalized spacial score (nSPS) is 11.5. The molecule has 96 valence electrons. The zero-order valence-corrected chi connectivity index (χ0v) is 11.1. The minimum Gasteiger partial charge on any atom is -0.356 e. The average Bonchev–Trinajstić information content (AvgIpc) is 2.15. The second kappa shape index (κ2) is 8.57. The number of rotatable bonds is 8. The van der Waals surface area contributed by atoms with Crippen LogP contribution < -0.4 is 11.1 Å². The van der Waals surface area contributed by atoms with E-state index in [0.717, 1.165) is 45.2 Å². The summed E-state index contributed by atoms with van der Waals surface area (Å²) in [5.41, 5.74) is 5.70. The van der Waals surface area contributed by atoms with Crippen molar-refractivity contribution in [2.75, 3.05) is 13.1 Å². The molecule has 3 N–H and O–H groups in total. The predicted molar refractivity (Wildman–Crippen MR) is 69.2 cm³/mol. The zero-order chi connectivity index (χ0) is 12.4. The minimum atomic E-state index is 0.192. The molecule has 0 saturated carbocycles. The Morgan fingerprint density at radius 2 is 1.75 bits per heavy atom. The average molecular weight is 228 g/mol. The molecule has 0 saturated heterocycles. The molecule has 0 fully saturated rings. The van der Waals surface area contributed by atoms with Crippen molar-refractivity contribution < 1.29 is 4.79 Å². The van der Waals surface area contributed by atoms with Crippen LogP contribution in [-0.4, -0.2) is 19.0 Å². The maximum absolute atomic E-state index is 11.4. The van der Waals surface area contributed by atoms with Crippen LogP contribution in [0.4, 0.5) is 0 Å². The molecule has 0 aromatic rings. The van der Waals surface area contributed by atoms with Gasteiger partial charge in [0.05, 0.1) is 0 Å². The van der Waals surface area contributed by atoms with Gasteiger partial charge in [0.2, 0.25) is 5.91 Å². The van der Waals surface area contributed by atoms with Crippen LogP contribution >= 0.6 is 0 Å². The van der Waals surface area contributed by atoms with Gasteiger partial charge in [0.1, 0.15) is 0 Å². The lowest BCUT2D eigenvalue weighted by molar-refractivity contribution is -0.121. The van der Waals surface area contributed by atoms with Gasteiger partial charge in [-0.15, -0.1) is 0 Å². The van der Waals surface area contributed by atoms with E-state index in [1.54, 1.807) is 0 Å². The first kappa shape index (κ1) is 15.4. The van der Waals surface area contributed by atoms with Gasteiger partial charge in [-0.25, -0.2) is 0 Å². The van der Waals surface area contributed by atoms with E-state index < -0.39 is 0 Å². The Kier molecular flexibility index (Phi) is 8.26. The molecule has 0 aromatic heterocycles. The quantitative estimate of drug-likeness (QED) is 0.627. The number of nitrogens with two attached hydrogens (primary N) is 1. The van der Waals surface area contributed by atoms with Crippen molar-refractivity contribution in [3.63, 3.8) is 0 Å². The number of nitrogens with one attached hydrogen (secondary N) is 1. The highest BCUT2D eigenvalue weighted by Gasteiger charge is 2.10. The Morgan fingerprint density at radius 1 is 1.12 bits per heavy atom. The van der Waals surface area contributed by atoms with Crippen LogP contribution in [0.3, 0.4) is 0 Å². The predicted octanol–water partition coefficient (Wildman–Crippen LogP) is 2.45. The topological polar surface area (TPSA) is 55.1 Å². The molecular weight excluding hydrogens is 200 g/mol. The molecule has 0 aromatic carbocycles. The monoisotopic (exact) mass is 228 g/mol. The third-order valence-corrected chi connectivity index (χ3v) is 2.56. The number of amides is 1. The molecule has 0 bridgehead atoms. The van der Waals surface area contributed by atoms with E-state index in [9.17, 15) is 4.79 Å². The number of carbonyl (C=O) groups excluding carboxylic acids is 1. The lowest BCUT2D eigenvalue weighted by Crippen LogP contribution is -2.26. The van der Waals surface area contributed by atoms with Crippen molar-refractivity contribution in [2.45, 2.75) is 59.3 Å². The molecule has 0 aliphatic rings. The first-order chi connectivity index (χ1) is 7.45. The van der Waals surface area contributed by atoms with Crippen molar-refractivity contribution in [2.24, 2.45) is 11.1 Å². The summed E-state index contributed by atoms with van der Waals surface area (Å²) in [5, 5.41) is 2.97. The maximum atomic E-state index is 11.4. The summed E-state index contributed by atoms with van der Waals surface area (Å²) in [6.07, 6.45) is 6.02. The van der Waals surface area contributed by atoms with Gasteiger partial charge < -0.3 is 11.1 Å². The molecule has 0 aliphatic heterocycles. The molecule has 0 atom stereocenters. The largest absolute Gasteiger partial charge is 0.356 e. The highest BCUT2D eigenvalue weighted by molar-refractivity contribution is 5.75. The van der Waals surface area contributed by atoms with Gasteiger partial charge in [-0.1, -0.05) is 33.6 Å². The number of unbranched alkanes of at least 4 members (excludes halogenated alkanes) is 3. The van der Waals surface area contributed by atoms with Gasteiger partial charge in [0.25, 0.3) is 0 Å². The molecular formula is C13H28N2O. The van der Waals surface area contributed by atoms with Gasteiger partial charge in [-0.2, -0.15) is 0 Å². The van der Waals surface area contributed by atoms with Crippen LogP contribution in [0.15, 0.2) is 0 Å². The first-order valence-corrected chi connectivity index (χ1v) is 6.42. The zero-order valence-electron chi connectivity index (χ0n) is 11.1. The first-order valence-electron chi connectivity index (χ1n) is 6.42. The standard InChI is InChI=1S/C13H28N2O/c1-13(2,3)9-11-15-12(16)8-6-4-5-7-10-14/h4-11,14H2,1-3H3,(H,15,16). The number of hydrogen-bond donors (Lipinski definition) is 2. The van der Waals surface area contributed by atoms with E-state index in [-0.39, 0.29) is 5.91 Å². The van der Waals surface area contributed by atoms with Crippen molar-refractivity contribution in [3.05, 3.63) is 0 Å². The smallest absolute Gasteiger partial charge is 0.219 e. The van der Waals surface area contributed by atoms with E-state index in [1.165, 1.54) is 0 Å². The minimum absolute atomic E-state index is 0.192. The second-order valence-electron chi connectivity index (χ2n) is 5.61. The second-order valence-corrected chi connectivity index (χ2v) is 5.61. The highest BCUT2D eigenvalue weighted by Crippen LogP contribution is 2.16. The Morgan fingerprint density at radius 3 is 2.31 bits per heavy atom. The van der Waals surface area contributed by atoms with Gasteiger partial charge >= 0.3 is 0 Å². The van der Waals surface area contributed by atoms with Crippen molar-refractivity contribution in [1.82, 2.24) is 5.32 Å². The van der Waals surface area contributed by atoms with Crippen LogP contribution in [0, 0.1) is 5.41 Å². The SMILES string of the molecule is CC(C)(C)CCNC(=O)CCCCCCN. The van der Waals surface area contributed by atoms with E-state index in [4.69, 9.17) is 5.73 Å². The van der Waals surface area contributed by atoms with Crippen LogP contribution in [0.5, 0.6) is 0 Å². The molecule has 0 aliphatic carbocycles. The molecule has 3 heteroatoms. The van der Waals surface area contributed by atoms with Crippen molar-refractivity contribution in [1.29, 1.82) is 0 Å². The van der Waals surface area contributed by atoms with Crippen LogP contribution in [-0.2, 0) is 4.79 Å². The van der Waals surface area contributed by atoms with E-state index in [2.05, 4.69) is 26.1 Å². The highest BCUT2D eigenvalue weighted by atomic mass is 16.1. The fourth-order valence-corrected chi connectivity index (χ4v) is 1.45. The summed E-state index contributed by atoms with van der Waals surface area (Å²) < 4.78 is 0. The molecule has 0 spiro atoms. The molecule has 1 amide bonds. The Hall–Kier alpha value is -0.570. The Labute approximate surface area is 100 Å². The fraction of sp³-hybridized carbons (Fsp3) is 0.923. The number of carbonyl (C=O) groups is 1.